The normalized spacial score (nSPS) is 11.5. The fourth-order valence-electron chi connectivity index (χ4n) is 1.60. The van der Waals surface area contributed by atoms with Crippen LogP contribution in [0.2, 0.25) is 0 Å². The number of aliphatic carboxylic acids is 1. The number of aryl methyl sites for hydroxylation is 1. The largest absolute Gasteiger partial charge is 0.480 e. The number of hydrogen-bond donors (Lipinski definition) is 4. The van der Waals surface area contributed by atoms with Crippen molar-refractivity contribution in [2.45, 2.75) is 26.3 Å². The molecule has 0 saturated carbocycles. The van der Waals surface area contributed by atoms with Crippen LogP contribution in [-0.4, -0.2) is 29.1 Å². The van der Waals surface area contributed by atoms with E-state index >= 15 is 0 Å². The zero-order valence-corrected chi connectivity index (χ0v) is 11.3. The number of urea groups is 1. The predicted octanol–water partition coefficient (Wildman–Crippen LogP) is 0.754. The summed E-state index contributed by atoms with van der Waals surface area (Å²) in [5.74, 6) is -2.12. The molecule has 0 radical (unpaired) electrons. The molecule has 1 unspecified atom stereocenters. The van der Waals surface area contributed by atoms with E-state index in [9.17, 15) is 14.4 Å². The van der Waals surface area contributed by atoms with Crippen LogP contribution in [0.3, 0.4) is 0 Å². The fourth-order valence-corrected chi connectivity index (χ4v) is 1.60. The summed E-state index contributed by atoms with van der Waals surface area (Å²) in [6.45, 7) is 3.73. The van der Waals surface area contributed by atoms with Gasteiger partial charge >= 0.3 is 12.0 Å². The lowest BCUT2D eigenvalue weighted by Gasteiger charge is -2.15. The second-order valence-corrected chi connectivity index (χ2v) is 4.41. The molecule has 0 aliphatic carbocycles. The highest BCUT2D eigenvalue weighted by molar-refractivity contribution is 5.94. The van der Waals surface area contributed by atoms with Gasteiger partial charge in [-0.15, -0.1) is 0 Å². The number of carboxylic acids is 1. The van der Waals surface area contributed by atoms with E-state index in [1.807, 2.05) is 19.9 Å². The van der Waals surface area contributed by atoms with Crippen molar-refractivity contribution >= 4 is 23.6 Å². The molecule has 1 aromatic carbocycles. The Morgan fingerprint density at radius 1 is 1.30 bits per heavy atom. The van der Waals surface area contributed by atoms with Crippen molar-refractivity contribution < 1.29 is 19.5 Å². The highest BCUT2D eigenvalue weighted by atomic mass is 16.4. The summed E-state index contributed by atoms with van der Waals surface area (Å²) < 4.78 is 0. The SMILES string of the molecule is Cc1cccc(NC(=O)NC(CC(N)=O)C(=O)O)c1C. The van der Waals surface area contributed by atoms with Crippen molar-refractivity contribution in [2.75, 3.05) is 5.32 Å². The minimum absolute atomic E-state index is 0.463. The molecule has 0 heterocycles. The van der Waals surface area contributed by atoms with Crippen LogP contribution in [0.15, 0.2) is 18.2 Å². The molecular formula is C13H17N3O4. The summed E-state index contributed by atoms with van der Waals surface area (Å²) in [7, 11) is 0. The molecule has 7 nitrogen and oxygen atoms in total. The first-order chi connectivity index (χ1) is 9.31. The zero-order valence-electron chi connectivity index (χ0n) is 11.3. The Morgan fingerprint density at radius 3 is 2.50 bits per heavy atom. The van der Waals surface area contributed by atoms with Gasteiger partial charge in [0.15, 0.2) is 0 Å². The number of carbonyl (C=O) groups is 3. The van der Waals surface area contributed by atoms with Gasteiger partial charge in [0.25, 0.3) is 0 Å². The van der Waals surface area contributed by atoms with Crippen molar-refractivity contribution in [1.82, 2.24) is 5.32 Å². The Morgan fingerprint density at radius 2 is 1.95 bits per heavy atom. The molecule has 108 valence electrons. The highest BCUT2D eigenvalue weighted by Gasteiger charge is 2.22. The summed E-state index contributed by atoms with van der Waals surface area (Å²) in [6.07, 6.45) is -0.463. The van der Waals surface area contributed by atoms with Crippen LogP contribution in [0.4, 0.5) is 10.5 Å². The number of primary amides is 1. The van der Waals surface area contributed by atoms with Gasteiger partial charge in [0.2, 0.25) is 5.91 Å². The number of benzene rings is 1. The van der Waals surface area contributed by atoms with E-state index in [2.05, 4.69) is 10.6 Å². The van der Waals surface area contributed by atoms with Gasteiger partial charge in [0, 0.05) is 5.69 Å². The lowest BCUT2D eigenvalue weighted by molar-refractivity contribution is -0.140. The number of nitrogens with two attached hydrogens (primary N) is 1. The van der Waals surface area contributed by atoms with E-state index in [4.69, 9.17) is 10.8 Å². The van der Waals surface area contributed by atoms with Crippen LogP contribution in [0, 0.1) is 13.8 Å². The van der Waals surface area contributed by atoms with Crippen molar-refractivity contribution in [2.24, 2.45) is 5.73 Å². The second kappa shape index (κ2) is 6.55. The maximum Gasteiger partial charge on any atom is 0.326 e. The molecule has 0 aromatic heterocycles. The number of carboxylic acid groups (broad SMARTS) is 1. The third-order valence-corrected chi connectivity index (χ3v) is 2.86. The zero-order chi connectivity index (χ0) is 15.3. The van der Waals surface area contributed by atoms with Crippen LogP contribution in [-0.2, 0) is 9.59 Å². The first-order valence-electron chi connectivity index (χ1n) is 5.96. The molecule has 5 N–H and O–H groups in total. The van der Waals surface area contributed by atoms with E-state index in [0.29, 0.717) is 5.69 Å². The van der Waals surface area contributed by atoms with Gasteiger partial charge in [-0.3, -0.25) is 4.79 Å². The Hall–Kier alpha value is -2.57. The molecule has 0 fully saturated rings. The number of anilines is 1. The van der Waals surface area contributed by atoms with Gasteiger partial charge in [-0.1, -0.05) is 12.1 Å². The maximum absolute atomic E-state index is 11.7. The Bertz CT molecular complexity index is 542. The predicted molar refractivity (Wildman–Crippen MR) is 73.3 cm³/mol. The van der Waals surface area contributed by atoms with Crippen LogP contribution in [0.25, 0.3) is 0 Å². The van der Waals surface area contributed by atoms with E-state index < -0.39 is 30.4 Å². The average molecular weight is 279 g/mol. The van der Waals surface area contributed by atoms with Gasteiger partial charge in [-0.25, -0.2) is 9.59 Å². The van der Waals surface area contributed by atoms with Gasteiger partial charge < -0.3 is 21.5 Å². The standard InChI is InChI=1S/C13H17N3O4/c1-7-4-3-5-9(8(7)2)15-13(20)16-10(12(18)19)6-11(14)17/h3-5,10H,6H2,1-2H3,(H2,14,17)(H,18,19)(H2,15,16,20). The second-order valence-electron chi connectivity index (χ2n) is 4.41. The van der Waals surface area contributed by atoms with Gasteiger partial charge in [-0.05, 0) is 31.0 Å². The van der Waals surface area contributed by atoms with E-state index in [1.54, 1.807) is 12.1 Å². The Balaban J connectivity index is 2.73. The molecule has 3 amide bonds. The lowest BCUT2D eigenvalue weighted by Crippen LogP contribution is -2.45. The van der Waals surface area contributed by atoms with E-state index in [1.165, 1.54) is 0 Å². The molecule has 20 heavy (non-hydrogen) atoms. The van der Waals surface area contributed by atoms with Crippen molar-refractivity contribution in [3.63, 3.8) is 0 Å². The van der Waals surface area contributed by atoms with Crippen molar-refractivity contribution in [3.8, 4) is 0 Å². The lowest BCUT2D eigenvalue weighted by atomic mass is 10.1. The minimum Gasteiger partial charge on any atom is -0.480 e. The van der Waals surface area contributed by atoms with Crippen LogP contribution in [0.5, 0.6) is 0 Å². The van der Waals surface area contributed by atoms with Gasteiger partial charge in [0.1, 0.15) is 6.04 Å². The molecule has 1 rings (SSSR count). The monoisotopic (exact) mass is 279 g/mol. The molecule has 0 saturated heterocycles. The average Bonchev–Trinajstić information content (AvgIpc) is 2.33. The van der Waals surface area contributed by atoms with Crippen LogP contribution >= 0.6 is 0 Å². The van der Waals surface area contributed by atoms with Crippen molar-refractivity contribution in [1.29, 1.82) is 0 Å². The van der Waals surface area contributed by atoms with E-state index in [-0.39, 0.29) is 0 Å². The topological polar surface area (TPSA) is 122 Å². The summed E-state index contributed by atoms with van der Waals surface area (Å²) in [5, 5.41) is 13.6. The third kappa shape index (κ3) is 4.27. The Labute approximate surface area is 116 Å². The fraction of sp³-hybridized carbons (Fsp3) is 0.308. The van der Waals surface area contributed by atoms with Crippen LogP contribution < -0.4 is 16.4 Å². The smallest absolute Gasteiger partial charge is 0.326 e. The number of hydrogen-bond acceptors (Lipinski definition) is 3. The Kier molecular flexibility index (Phi) is 5.08. The maximum atomic E-state index is 11.7. The number of rotatable bonds is 5. The summed E-state index contributed by atoms with van der Waals surface area (Å²) in [5.41, 5.74) is 7.38. The molecule has 0 aliphatic rings. The molecule has 0 aliphatic heterocycles. The minimum atomic E-state index is -1.35. The first kappa shape index (κ1) is 15.5. The van der Waals surface area contributed by atoms with Crippen molar-refractivity contribution in [3.05, 3.63) is 29.3 Å². The van der Waals surface area contributed by atoms with Gasteiger partial charge in [0.05, 0.1) is 6.42 Å². The van der Waals surface area contributed by atoms with Gasteiger partial charge in [-0.2, -0.15) is 0 Å². The first-order valence-corrected chi connectivity index (χ1v) is 5.96. The number of amides is 3. The summed E-state index contributed by atoms with van der Waals surface area (Å²) >= 11 is 0. The van der Waals surface area contributed by atoms with E-state index in [0.717, 1.165) is 11.1 Å². The number of nitrogens with one attached hydrogen (secondary N) is 2. The molecule has 1 aromatic rings. The molecule has 7 heteroatoms. The van der Waals surface area contributed by atoms with Crippen LogP contribution in [0.1, 0.15) is 17.5 Å². The molecule has 0 spiro atoms. The molecular weight excluding hydrogens is 262 g/mol. The molecule has 0 bridgehead atoms. The summed E-state index contributed by atoms with van der Waals surface area (Å²) in [4.78, 5) is 33.4. The molecule has 1 atom stereocenters. The highest BCUT2D eigenvalue weighted by Crippen LogP contribution is 2.17. The quantitative estimate of drug-likeness (QED) is 0.635. The number of carbonyl (C=O) groups excluding carboxylic acids is 2. The third-order valence-electron chi connectivity index (χ3n) is 2.86. The summed E-state index contributed by atoms with van der Waals surface area (Å²) in [6, 6.07) is 3.32.